The molecule has 1 aromatic carbocycles. The predicted molar refractivity (Wildman–Crippen MR) is 79.3 cm³/mol. The maximum Gasteiger partial charge on any atom is 0.0467 e. The highest BCUT2D eigenvalue weighted by molar-refractivity contribution is 9.08. The van der Waals surface area contributed by atoms with Gasteiger partial charge in [-0.1, -0.05) is 33.6 Å². The maximum absolute atomic E-state index is 6.27. The van der Waals surface area contributed by atoms with Crippen molar-refractivity contribution in [3.8, 4) is 0 Å². The molecule has 1 aromatic rings. The Morgan fingerprint density at radius 2 is 2.12 bits per heavy atom. The van der Waals surface area contributed by atoms with Crippen LogP contribution in [-0.2, 0) is 5.33 Å². The van der Waals surface area contributed by atoms with Crippen LogP contribution in [0.25, 0.3) is 0 Å². The van der Waals surface area contributed by atoms with Gasteiger partial charge in [-0.2, -0.15) is 0 Å². The van der Waals surface area contributed by atoms with E-state index in [1.807, 2.05) is 12.1 Å². The van der Waals surface area contributed by atoms with Crippen LogP contribution in [0.1, 0.15) is 32.3 Å². The fraction of sp³-hybridized carbons (Fsp3) is 0.571. The SMILES string of the molecule is CC(C)N(CC1CC1)c1cccc(Cl)c1CBr. The maximum atomic E-state index is 6.27. The molecule has 1 nitrogen and oxygen atoms in total. The van der Waals surface area contributed by atoms with Gasteiger partial charge in [-0.15, -0.1) is 0 Å². The fourth-order valence-corrected chi connectivity index (χ4v) is 3.10. The molecular formula is C14H19BrClN. The molecule has 0 bridgehead atoms. The Hall–Kier alpha value is -0.210. The Morgan fingerprint density at radius 1 is 1.41 bits per heavy atom. The number of nitrogens with zero attached hydrogens (tertiary/aromatic N) is 1. The molecule has 0 aliphatic heterocycles. The zero-order valence-corrected chi connectivity index (χ0v) is 12.8. The van der Waals surface area contributed by atoms with Gasteiger partial charge < -0.3 is 4.90 Å². The van der Waals surface area contributed by atoms with Crippen LogP contribution >= 0.6 is 27.5 Å². The largest absolute Gasteiger partial charge is 0.369 e. The topological polar surface area (TPSA) is 3.24 Å². The third-order valence-corrected chi connectivity index (χ3v) is 4.23. The van der Waals surface area contributed by atoms with Crippen LogP contribution in [0.4, 0.5) is 5.69 Å². The molecule has 1 saturated carbocycles. The van der Waals surface area contributed by atoms with Crippen molar-refractivity contribution in [1.82, 2.24) is 0 Å². The van der Waals surface area contributed by atoms with E-state index in [1.165, 1.54) is 24.1 Å². The number of anilines is 1. The molecule has 0 atom stereocenters. The molecule has 0 aromatic heterocycles. The summed E-state index contributed by atoms with van der Waals surface area (Å²) in [5.41, 5.74) is 2.50. The van der Waals surface area contributed by atoms with Gasteiger partial charge in [0.1, 0.15) is 0 Å². The van der Waals surface area contributed by atoms with Gasteiger partial charge in [0, 0.05) is 34.2 Å². The number of hydrogen-bond acceptors (Lipinski definition) is 1. The first-order chi connectivity index (χ1) is 8.13. The number of halogens is 2. The third-order valence-electron chi connectivity index (χ3n) is 3.31. The summed E-state index contributed by atoms with van der Waals surface area (Å²) >= 11 is 9.82. The minimum Gasteiger partial charge on any atom is -0.369 e. The first-order valence-electron chi connectivity index (χ1n) is 6.23. The summed E-state index contributed by atoms with van der Waals surface area (Å²) in [6.07, 6.45) is 2.76. The van der Waals surface area contributed by atoms with Crippen LogP contribution in [0.5, 0.6) is 0 Å². The summed E-state index contributed by atoms with van der Waals surface area (Å²) in [4.78, 5) is 2.49. The molecule has 0 saturated heterocycles. The van der Waals surface area contributed by atoms with Crippen LogP contribution < -0.4 is 4.90 Å². The summed E-state index contributed by atoms with van der Waals surface area (Å²) in [7, 11) is 0. The van der Waals surface area contributed by atoms with Crippen molar-refractivity contribution in [1.29, 1.82) is 0 Å². The molecule has 2 rings (SSSR count). The average Bonchev–Trinajstić information content (AvgIpc) is 3.09. The highest BCUT2D eigenvalue weighted by atomic mass is 79.9. The van der Waals surface area contributed by atoms with Crippen molar-refractivity contribution < 1.29 is 0 Å². The molecule has 94 valence electrons. The lowest BCUT2D eigenvalue weighted by Crippen LogP contribution is -2.33. The molecule has 17 heavy (non-hydrogen) atoms. The predicted octanol–water partition coefficient (Wildman–Crippen LogP) is 4.86. The summed E-state index contributed by atoms with van der Waals surface area (Å²) in [6, 6.07) is 6.72. The van der Waals surface area contributed by atoms with Gasteiger partial charge in [0.2, 0.25) is 0 Å². The molecule has 0 radical (unpaired) electrons. The lowest BCUT2D eigenvalue weighted by molar-refractivity contribution is 0.643. The fourth-order valence-electron chi connectivity index (χ4n) is 2.11. The Kier molecular flexibility index (Phi) is 4.37. The van der Waals surface area contributed by atoms with Gasteiger partial charge in [-0.05, 0) is 44.7 Å². The first kappa shape index (κ1) is 13.2. The first-order valence-corrected chi connectivity index (χ1v) is 7.73. The molecule has 1 fully saturated rings. The Morgan fingerprint density at radius 3 is 2.65 bits per heavy atom. The van der Waals surface area contributed by atoms with E-state index in [0.29, 0.717) is 6.04 Å². The van der Waals surface area contributed by atoms with Crippen molar-refractivity contribution in [3.63, 3.8) is 0 Å². The van der Waals surface area contributed by atoms with Crippen molar-refractivity contribution in [3.05, 3.63) is 28.8 Å². The number of hydrogen-bond donors (Lipinski definition) is 0. The van der Waals surface area contributed by atoms with Crippen LogP contribution in [0.2, 0.25) is 5.02 Å². The van der Waals surface area contributed by atoms with E-state index in [4.69, 9.17) is 11.6 Å². The zero-order chi connectivity index (χ0) is 12.4. The van der Waals surface area contributed by atoms with Crippen molar-refractivity contribution >= 4 is 33.2 Å². The summed E-state index contributed by atoms with van der Waals surface area (Å²) in [5.74, 6) is 0.888. The molecule has 0 amide bonds. The van der Waals surface area contributed by atoms with Crippen LogP contribution in [0.15, 0.2) is 18.2 Å². The third kappa shape index (κ3) is 3.17. The van der Waals surface area contributed by atoms with Crippen molar-refractivity contribution in [2.75, 3.05) is 11.4 Å². The zero-order valence-electron chi connectivity index (χ0n) is 10.4. The van der Waals surface area contributed by atoms with Crippen molar-refractivity contribution in [2.45, 2.75) is 38.1 Å². The molecule has 0 N–H and O–H groups in total. The lowest BCUT2D eigenvalue weighted by atomic mass is 10.1. The van der Waals surface area contributed by atoms with Gasteiger partial charge >= 0.3 is 0 Å². The summed E-state index contributed by atoms with van der Waals surface area (Å²) in [5, 5.41) is 1.68. The highest BCUT2D eigenvalue weighted by Gasteiger charge is 2.26. The van der Waals surface area contributed by atoms with Gasteiger partial charge in [0.25, 0.3) is 0 Å². The van der Waals surface area contributed by atoms with Gasteiger partial charge in [0.05, 0.1) is 0 Å². The Balaban J connectivity index is 2.30. The Bertz CT molecular complexity index is 388. The summed E-state index contributed by atoms with van der Waals surface area (Å²) < 4.78 is 0. The second kappa shape index (κ2) is 5.62. The minimum atomic E-state index is 0.520. The quantitative estimate of drug-likeness (QED) is 0.701. The molecule has 1 aliphatic carbocycles. The monoisotopic (exact) mass is 315 g/mol. The smallest absolute Gasteiger partial charge is 0.0467 e. The van der Waals surface area contributed by atoms with Crippen LogP contribution in [0, 0.1) is 5.92 Å². The standard InChI is InChI=1S/C14H19BrClN/c1-10(2)17(9-11-6-7-11)14-5-3-4-13(16)12(14)8-15/h3-5,10-11H,6-9H2,1-2H3. The number of benzene rings is 1. The van der Waals surface area contributed by atoms with E-state index >= 15 is 0 Å². The molecule has 0 spiro atoms. The molecule has 3 heteroatoms. The molecule has 0 unspecified atom stereocenters. The molecule has 1 aliphatic rings. The van der Waals surface area contributed by atoms with E-state index in [9.17, 15) is 0 Å². The van der Waals surface area contributed by atoms with Gasteiger partial charge in [0.15, 0.2) is 0 Å². The van der Waals surface area contributed by atoms with Gasteiger partial charge in [-0.25, -0.2) is 0 Å². The average molecular weight is 317 g/mol. The van der Waals surface area contributed by atoms with E-state index < -0.39 is 0 Å². The highest BCUT2D eigenvalue weighted by Crippen LogP contribution is 2.35. The van der Waals surface area contributed by atoms with Crippen LogP contribution in [-0.4, -0.2) is 12.6 Å². The normalized spacial score (nSPS) is 15.4. The van der Waals surface area contributed by atoms with E-state index in [-0.39, 0.29) is 0 Å². The summed E-state index contributed by atoms with van der Waals surface area (Å²) in [6.45, 7) is 5.67. The number of rotatable bonds is 5. The van der Waals surface area contributed by atoms with Crippen LogP contribution in [0.3, 0.4) is 0 Å². The molecular weight excluding hydrogens is 298 g/mol. The van der Waals surface area contributed by atoms with Gasteiger partial charge in [-0.3, -0.25) is 0 Å². The van der Waals surface area contributed by atoms with E-state index in [0.717, 1.165) is 22.8 Å². The number of alkyl halides is 1. The van der Waals surface area contributed by atoms with E-state index in [2.05, 4.69) is 40.7 Å². The second-order valence-corrected chi connectivity index (χ2v) is 6.03. The second-order valence-electron chi connectivity index (χ2n) is 5.06. The minimum absolute atomic E-state index is 0.520. The molecule has 0 heterocycles. The lowest BCUT2D eigenvalue weighted by Gasteiger charge is -2.31. The Labute approximate surface area is 117 Å². The van der Waals surface area contributed by atoms with E-state index in [1.54, 1.807) is 0 Å². The van der Waals surface area contributed by atoms with Crippen molar-refractivity contribution in [2.24, 2.45) is 5.92 Å².